The summed E-state index contributed by atoms with van der Waals surface area (Å²) in [5, 5.41) is 0. The summed E-state index contributed by atoms with van der Waals surface area (Å²) in [6.45, 7) is 0. The predicted molar refractivity (Wildman–Crippen MR) is 105 cm³/mol. The van der Waals surface area contributed by atoms with Crippen LogP contribution in [0.5, 0.6) is 0 Å². The van der Waals surface area contributed by atoms with Gasteiger partial charge < -0.3 is 4.98 Å². The second-order valence-corrected chi connectivity index (χ2v) is 8.31. The molecule has 1 aliphatic rings. The lowest BCUT2D eigenvalue weighted by molar-refractivity contribution is 0.627. The van der Waals surface area contributed by atoms with Crippen LogP contribution < -0.4 is 5.56 Å². The van der Waals surface area contributed by atoms with E-state index in [1.54, 1.807) is 0 Å². The van der Waals surface area contributed by atoms with Gasteiger partial charge in [-0.15, -0.1) is 0 Å². The van der Waals surface area contributed by atoms with Gasteiger partial charge >= 0.3 is 0 Å². The Balaban J connectivity index is 1.40. The highest BCUT2D eigenvalue weighted by molar-refractivity contribution is 9.11. The Morgan fingerprint density at radius 3 is 2.42 bits per heavy atom. The lowest BCUT2D eigenvalue weighted by Crippen LogP contribution is -2.17. The minimum absolute atomic E-state index is 0.0905. The maximum Gasteiger partial charge on any atom is 0.254 e. The summed E-state index contributed by atoms with van der Waals surface area (Å²) in [7, 11) is 0. The van der Waals surface area contributed by atoms with Gasteiger partial charge in [0.25, 0.3) is 5.56 Å². The highest BCUT2D eigenvalue weighted by Gasteiger charge is 2.16. The first-order valence-electron chi connectivity index (χ1n) is 8.68. The topological polar surface area (TPSA) is 45.8 Å². The number of benzene rings is 1. The molecule has 2 aromatic rings. The van der Waals surface area contributed by atoms with E-state index < -0.39 is 0 Å². The zero-order valence-electron chi connectivity index (χ0n) is 13.7. The number of hydrogen-bond donors (Lipinski definition) is 1. The van der Waals surface area contributed by atoms with Gasteiger partial charge in [0.2, 0.25) is 0 Å². The van der Waals surface area contributed by atoms with Crippen molar-refractivity contribution in [1.29, 1.82) is 0 Å². The van der Waals surface area contributed by atoms with E-state index in [9.17, 15) is 4.79 Å². The van der Waals surface area contributed by atoms with Crippen LogP contribution in [-0.2, 0) is 25.7 Å². The van der Waals surface area contributed by atoms with Crippen molar-refractivity contribution < 1.29 is 0 Å². The fourth-order valence-electron chi connectivity index (χ4n) is 3.34. The number of unbranched alkanes of at least 4 members (excludes halogenated alkanes) is 3. The maximum absolute atomic E-state index is 12.0. The third-order valence-electron chi connectivity index (χ3n) is 4.54. The van der Waals surface area contributed by atoms with E-state index in [0.717, 1.165) is 64.6 Å². The van der Waals surface area contributed by atoms with E-state index in [1.807, 2.05) is 0 Å². The summed E-state index contributed by atoms with van der Waals surface area (Å²) in [6, 6.07) is 6.43. The standard InChI is InChI=1S/C19H22Br2N2O/c20-14-10-13(11-15(21)12-14)6-3-1-2-4-9-18-22-17-8-5-7-16(17)19(24)23-18/h10-12H,1-9H2,(H,22,23,24). The van der Waals surface area contributed by atoms with Gasteiger partial charge in [-0.05, 0) is 62.3 Å². The van der Waals surface area contributed by atoms with Crippen LogP contribution in [0.4, 0.5) is 0 Å². The minimum Gasteiger partial charge on any atom is -0.310 e. The van der Waals surface area contributed by atoms with Crippen molar-refractivity contribution in [3.63, 3.8) is 0 Å². The highest BCUT2D eigenvalue weighted by Crippen LogP contribution is 2.21. The largest absolute Gasteiger partial charge is 0.310 e. The van der Waals surface area contributed by atoms with Gasteiger partial charge in [0.1, 0.15) is 5.82 Å². The van der Waals surface area contributed by atoms with Crippen molar-refractivity contribution in [2.45, 2.75) is 57.8 Å². The summed E-state index contributed by atoms with van der Waals surface area (Å²) < 4.78 is 2.25. The van der Waals surface area contributed by atoms with Gasteiger partial charge in [-0.3, -0.25) is 4.79 Å². The molecule has 3 nitrogen and oxygen atoms in total. The van der Waals surface area contributed by atoms with E-state index in [1.165, 1.54) is 24.8 Å². The summed E-state index contributed by atoms with van der Waals surface area (Å²) in [4.78, 5) is 19.6. The van der Waals surface area contributed by atoms with Crippen molar-refractivity contribution in [1.82, 2.24) is 9.97 Å². The second kappa shape index (κ2) is 8.43. The van der Waals surface area contributed by atoms with E-state index in [4.69, 9.17) is 0 Å². The molecule has 1 aromatic carbocycles. The van der Waals surface area contributed by atoms with Gasteiger partial charge in [0.15, 0.2) is 0 Å². The average molecular weight is 454 g/mol. The molecular formula is C19H22Br2N2O. The molecule has 0 atom stereocenters. The molecule has 0 bridgehead atoms. The van der Waals surface area contributed by atoms with Crippen molar-refractivity contribution in [2.24, 2.45) is 0 Å². The lowest BCUT2D eigenvalue weighted by Gasteiger charge is -2.05. The zero-order valence-corrected chi connectivity index (χ0v) is 16.9. The maximum atomic E-state index is 12.0. The van der Waals surface area contributed by atoms with Crippen LogP contribution in [0.3, 0.4) is 0 Å². The zero-order chi connectivity index (χ0) is 16.9. The first-order chi connectivity index (χ1) is 11.6. The molecule has 0 unspecified atom stereocenters. The van der Waals surface area contributed by atoms with Crippen LogP contribution in [0, 0.1) is 0 Å². The third-order valence-corrected chi connectivity index (χ3v) is 5.46. The predicted octanol–water partition coefficient (Wildman–Crippen LogP) is 5.13. The van der Waals surface area contributed by atoms with E-state index in [0.29, 0.717) is 0 Å². The van der Waals surface area contributed by atoms with E-state index in [2.05, 4.69) is 60.0 Å². The number of halogens is 2. The minimum atomic E-state index is 0.0905. The number of nitrogens with one attached hydrogen (secondary N) is 1. The van der Waals surface area contributed by atoms with Gasteiger partial charge in [0.05, 0.1) is 5.69 Å². The molecule has 0 radical (unpaired) electrons. The lowest BCUT2D eigenvalue weighted by atomic mass is 10.1. The molecule has 24 heavy (non-hydrogen) atoms. The number of rotatable bonds is 7. The van der Waals surface area contributed by atoms with Gasteiger partial charge in [0, 0.05) is 20.9 Å². The molecule has 0 spiro atoms. The van der Waals surface area contributed by atoms with Crippen molar-refractivity contribution in [2.75, 3.05) is 0 Å². The fraction of sp³-hybridized carbons (Fsp3) is 0.474. The molecule has 1 N–H and O–H groups in total. The molecule has 0 amide bonds. The number of aromatic nitrogens is 2. The Morgan fingerprint density at radius 2 is 1.67 bits per heavy atom. The highest BCUT2D eigenvalue weighted by atomic mass is 79.9. The Morgan fingerprint density at radius 1 is 0.958 bits per heavy atom. The van der Waals surface area contributed by atoms with Gasteiger partial charge in [-0.25, -0.2) is 4.98 Å². The fourth-order valence-corrected chi connectivity index (χ4v) is 4.73. The molecule has 1 aliphatic carbocycles. The molecule has 1 heterocycles. The Kier molecular flexibility index (Phi) is 6.28. The van der Waals surface area contributed by atoms with Gasteiger partial charge in [-0.1, -0.05) is 44.7 Å². The first-order valence-corrected chi connectivity index (χ1v) is 10.3. The smallest absolute Gasteiger partial charge is 0.254 e. The number of aromatic amines is 1. The summed E-state index contributed by atoms with van der Waals surface area (Å²) in [6.07, 6.45) is 9.58. The summed E-state index contributed by atoms with van der Waals surface area (Å²) in [5.41, 5.74) is 3.40. The monoisotopic (exact) mass is 452 g/mol. The summed E-state index contributed by atoms with van der Waals surface area (Å²) in [5.74, 6) is 0.872. The normalized spacial score (nSPS) is 13.2. The van der Waals surface area contributed by atoms with Gasteiger partial charge in [-0.2, -0.15) is 0 Å². The summed E-state index contributed by atoms with van der Waals surface area (Å²) >= 11 is 7.07. The van der Waals surface area contributed by atoms with Crippen LogP contribution in [-0.4, -0.2) is 9.97 Å². The van der Waals surface area contributed by atoms with Crippen LogP contribution >= 0.6 is 31.9 Å². The molecular weight excluding hydrogens is 432 g/mol. The van der Waals surface area contributed by atoms with Crippen molar-refractivity contribution in [3.8, 4) is 0 Å². The Hall–Kier alpha value is -0.940. The first kappa shape index (κ1) is 17.9. The molecule has 0 fully saturated rings. The molecule has 5 heteroatoms. The Labute approximate surface area is 159 Å². The van der Waals surface area contributed by atoms with Crippen molar-refractivity contribution in [3.05, 3.63) is 60.1 Å². The quantitative estimate of drug-likeness (QED) is 0.590. The van der Waals surface area contributed by atoms with Crippen LogP contribution in [0.25, 0.3) is 0 Å². The molecule has 0 aliphatic heterocycles. The number of H-pyrrole nitrogens is 1. The molecule has 0 saturated carbocycles. The number of nitrogens with zero attached hydrogens (tertiary/aromatic N) is 1. The van der Waals surface area contributed by atoms with Crippen molar-refractivity contribution >= 4 is 31.9 Å². The van der Waals surface area contributed by atoms with Crippen LogP contribution in [0.15, 0.2) is 31.9 Å². The third kappa shape index (κ3) is 4.79. The molecule has 1 aromatic heterocycles. The molecule has 0 saturated heterocycles. The van der Waals surface area contributed by atoms with E-state index in [-0.39, 0.29) is 5.56 Å². The molecule has 128 valence electrons. The Bertz CT molecular complexity index is 750. The van der Waals surface area contributed by atoms with Crippen LogP contribution in [0.2, 0.25) is 0 Å². The average Bonchev–Trinajstić information content (AvgIpc) is 2.99. The SMILES string of the molecule is O=c1[nH]c(CCCCCCc2cc(Br)cc(Br)c2)nc2c1CCC2. The van der Waals surface area contributed by atoms with Crippen LogP contribution in [0.1, 0.15) is 54.7 Å². The number of fused-ring (bicyclic) bond motifs is 1. The second-order valence-electron chi connectivity index (χ2n) is 6.48. The number of hydrogen-bond acceptors (Lipinski definition) is 2. The number of aryl methyl sites for hydroxylation is 3. The molecule has 3 rings (SSSR count). The van der Waals surface area contributed by atoms with E-state index >= 15 is 0 Å².